The third-order valence-electron chi connectivity index (χ3n) is 5.96. The summed E-state index contributed by atoms with van der Waals surface area (Å²) in [7, 11) is -3.45. The van der Waals surface area contributed by atoms with E-state index in [0.717, 1.165) is 36.0 Å². The summed E-state index contributed by atoms with van der Waals surface area (Å²) in [4.78, 5) is 12.8. The Kier molecular flexibility index (Phi) is 7.60. The number of carbonyl (C=O) groups is 1. The maximum atomic E-state index is 12.8. The maximum absolute atomic E-state index is 12.8. The number of H-pyrrole nitrogens is 1. The van der Waals surface area contributed by atoms with Crippen LogP contribution in [0.15, 0.2) is 53.4 Å². The molecule has 3 aromatic rings. The van der Waals surface area contributed by atoms with Crippen LogP contribution in [0.2, 0.25) is 0 Å². The highest BCUT2D eigenvalue weighted by Crippen LogP contribution is 2.21. The summed E-state index contributed by atoms with van der Waals surface area (Å²) in [6.45, 7) is 3.89. The van der Waals surface area contributed by atoms with Crippen LogP contribution in [0.5, 0.6) is 0 Å². The van der Waals surface area contributed by atoms with Crippen molar-refractivity contribution in [3.8, 4) is 11.4 Å². The topological polar surface area (TPSA) is 100 Å². The van der Waals surface area contributed by atoms with Gasteiger partial charge in [0.15, 0.2) is 10.6 Å². The number of aromatic nitrogens is 3. The summed E-state index contributed by atoms with van der Waals surface area (Å²) in [5.41, 5.74) is 2.89. The first-order valence-electron chi connectivity index (χ1n) is 11.4. The molecule has 2 aromatic carbocycles. The third kappa shape index (κ3) is 5.63. The zero-order valence-corrected chi connectivity index (χ0v) is 20.8. The number of nitrogens with zero attached hydrogens (tertiary/aromatic N) is 3. The molecule has 8 nitrogen and oxygen atoms in total. The first-order valence-corrected chi connectivity index (χ1v) is 13.3. The Morgan fingerprint density at radius 1 is 1.12 bits per heavy atom. The van der Waals surface area contributed by atoms with Crippen molar-refractivity contribution in [2.75, 3.05) is 13.1 Å². The van der Waals surface area contributed by atoms with Gasteiger partial charge in [0.2, 0.25) is 15.9 Å². The number of hydrogen-bond acceptors (Lipinski definition) is 5. The molecule has 0 atom stereocenters. The molecule has 180 valence electrons. The van der Waals surface area contributed by atoms with Gasteiger partial charge in [-0.25, -0.2) is 8.42 Å². The van der Waals surface area contributed by atoms with Gasteiger partial charge in [0.05, 0.1) is 4.90 Å². The SMILES string of the molecule is Cc1cccc(-c2n[nH]c(=S)n2CCC(=O)NCc2ccc(S(=O)(=O)N3CCCCC3)cc2)c1. The van der Waals surface area contributed by atoms with Crippen molar-refractivity contribution >= 4 is 28.1 Å². The van der Waals surface area contributed by atoms with Crippen LogP contribution in [0.3, 0.4) is 0 Å². The molecule has 0 bridgehead atoms. The lowest BCUT2D eigenvalue weighted by Gasteiger charge is -2.25. The van der Waals surface area contributed by atoms with Gasteiger partial charge >= 0.3 is 0 Å². The van der Waals surface area contributed by atoms with E-state index in [1.54, 1.807) is 28.6 Å². The highest BCUT2D eigenvalue weighted by atomic mass is 32.2. The number of benzene rings is 2. The van der Waals surface area contributed by atoms with Gasteiger partial charge in [-0.1, -0.05) is 42.3 Å². The van der Waals surface area contributed by atoms with Gasteiger partial charge < -0.3 is 5.32 Å². The molecule has 1 fully saturated rings. The van der Waals surface area contributed by atoms with Crippen molar-refractivity contribution in [1.82, 2.24) is 24.4 Å². The van der Waals surface area contributed by atoms with Crippen LogP contribution in [0.25, 0.3) is 11.4 Å². The molecule has 0 radical (unpaired) electrons. The Hall–Kier alpha value is -2.82. The van der Waals surface area contributed by atoms with E-state index in [0.29, 0.717) is 41.7 Å². The average Bonchev–Trinajstić information content (AvgIpc) is 3.22. The predicted molar refractivity (Wildman–Crippen MR) is 133 cm³/mol. The molecule has 0 aliphatic carbocycles. The van der Waals surface area contributed by atoms with Gasteiger partial charge in [-0.2, -0.15) is 9.40 Å². The standard InChI is InChI=1S/C24H29N5O3S2/c1-18-6-5-7-20(16-18)23-26-27-24(33)29(23)15-12-22(30)25-17-19-8-10-21(11-9-19)34(31,32)28-13-3-2-4-14-28/h5-11,16H,2-4,12-15,17H2,1H3,(H,25,30)(H,27,33). The minimum absolute atomic E-state index is 0.122. The Bertz CT molecular complexity index is 1310. The van der Waals surface area contributed by atoms with Gasteiger partial charge in [-0.15, -0.1) is 0 Å². The van der Waals surface area contributed by atoms with E-state index in [9.17, 15) is 13.2 Å². The van der Waals surface area contributed by atoms with Crippen molar-refractivity contribution in [3.05, 3.63) is 64.4 Å². The molecule has 0 saturated carbocycles. The lowest BCUT2D eigenvalue weighted by molar-refractivity contribution is -0.121. The van der Waals surface area contributed by atoms with Crippen LogP contribution >= 0.6 is 12.2 Å². The number of piperidine rings is 1. The van der Waals surface area contributed by atoms with Crippen LogP contribution in [0.1, 0.15) is 36.8 Å². The molecular weight excluding hydrogens is 470 g/mol. The number of nitrogens with one attached hydrogen (secondary N) is 2. The number of rotatable bonds is 8. The van der Waals surface area contributed by atoms with Crippen molar-refractivity contribution in [1.29, 1.82) is 0 Å². The largest absolute Gasteiger partial charge is 0.352 e. The van der Waals surface area contributed by atoms with Crippen molar-refractivity contribution in [3.63, 3.8) is 0 Å². The fourth-order valence-electron chi connectivity index (χ4n) is 4.07. The monoisotopic (exact) mass is 499 g/mol. The van der Waals surface area contributed by atoms with Gasteiger partial charge in [0, 0.05) is 38.2 Å². The van der Waals surface area contributed by atoms with Gasteiger partial charge in [-0.3, -0.25) is 14.5 Å². The number of sulfonamides is 1. The third-order valence-corrected chi connectivity index (χ3v) is 8.19. The molecule has 4 rings (SSSR count). The van der Waals surface area contributed by atoms with Crippen LogP contribution in [0, 0.1) is 11.7 Å². The van der Waals surface area contributed by atoms with Gasteiger partial charge in [0.25, 0.3) is 0 Å². The number of carbonyl (C=O) groups excluding carboxylic acids is 1. The van der Waals surface area contributed by atoms with Crippen LogP contribution in [0.4, 0.5) is 0 Å². The fourth-order valence-corrected chi connectivity index (χ4v) is 5.81. The molecule has 1 amide bonds. The first kappa shape index (κ1) is 24.3. The molecular formula is C24H29N5O3S2. The van der Waals surface area contributed by atoms with E-state index < -0.39 is 10.0 Å². The summed E-state index contributed by atoms with van der Waals surface area (Å²) in [6.07, 6.45) is 3.12. The number of aromatic amines is 1. The molecule has 1 aliphatic rings. The zero-order chi connectivity index (χ0) is 24.1. The Labute approximate surface area is 205 Å². The van der Waals surface area contributed by atoms with Gasteiger partial charge in [-0.05, 0) is 55.7 Å². The highest BCUT2D eigenvalue weighted by molar-refractivity contribution is 7.89. The van der Waals surface area contributed by atoms with E-state index in [1.165, 1.54) is 0 Å². The molecule has 1 aromatic heterocycles. The molecule has 0 spiro atoms. The molecule has 1 aliphatic heterocycles. The number of aryl methyl sites for hydroxylation is 1. The summed E-state index contributed by atoms with van der Waals surface area (Å²) >= 11 is 5.35. The van der Waals surface area contributed by atoms with E-state index >= 15 is 0 Å². The quantitative estimate of drug-likeness (QED) is 0.459. The van der Waals surface area contributed by atoms with Gasteiger partial charge in [0.1, 0.15) is 0 Å². The van der Waals surface area contributed by atoms with Crippen LogP contribution in [-0.4, -0.2) is 46.5 Å². The van der Waals surface area contributed by atoms with E-state index in [1.807, 2.05) is 35.8 Å². The number of hydrogen-bond donors (Lipinski definition) is 2. The number of amides is 1. The summed E-state index contributed by atoms with van der Waals surface area (Å²) < 4.78 is 29.4. The minimum Gasteiger partial charge on any atom is -0.352 e. The first-order chi connectivity index (χ1) is 16.3. The lowest BCUT2D eigenvalue weighted by Crippen LogP contribution is -2.35. The second kappa shape index (κ2) is 10.6. The predicted octanol–water partition coefficient (Wildman–Crippen LogP) is 3.80. The molecule has 10 heteroatoms. The normalized spacial score (nSPS) is 14.7. The molecule has 2 N–H and O–H groups in total. The fraction of sp³-hybridized carbons (Fsp3) is 0.375. The maximum Gasteiger partial charge on any atom is 0.243 e. The molecule has 1 saturated heterocycles. The summed E-state index contributed by atoms with van der Waals surface area (Å²) in [5.74, 6) is 0.579. The van der Waals surface area contributed by atoms with E-state index in [-0.39, 0.29) is 12.3 Å². The summed E-state index contributed by atoms with van der Waals surface area (Å²) in [6, 6.07) is 14.7. The highest BCUT2D eigenvalue weighted by Gasteiger charge is 2.25. The molecule has 0 unspecified atom stereocenters. The van der Waals surface area contributed by atoms with E-state index in [4.69, 9.17) is 12.2 Å². The van der Waals surface area contributed by atoms with Crippen molar-refractivity contribution < 1.29 is 13.2 Å². The second-order valence-electron chi connectivity index (χ2n) is 8.51. The Morgan fingerprint density at radius 2 is 1.85 bits per heavy atom. The molecule has 2 heterocycles. The lowest BCUT2D eigenvalue weighted by atomic mass is 10.1. The summed E-state index contributed by atoms with van der Waals surface area (Å²) in [5, 5.41) is 10.0. The van der Waals surface area contributed by atoms with Crippen molar-refractivity contribution in [2.24, 2.45) is 0 Å². The Balaban J connectivity index is 1.33. The van der Waals surface area contributed by atoms with E-state index in [2.05, 4.69) is 15.5 Å². The van der Waals surface area contributed by atoms with Crippen LogP contribution < -0.4 is 5.32 Å². The second-order valence-corrected chi connectivity index (χ2v) is 10.8. The minimum atomic E-state index is -3.45. The average molecular weight is 500 g/mol. The Morgan fingerprint density at radius 3 is 2.56 bits per heavy atom. The van der Waals surface area contributed by atoms with Crippen LogP contribution in [-0.2, 0) is 27.9 Å². The van der Waals surface area contributed by atoms with Crippen molar-refractivity contribution in [2.45, 2.75) is 50.6 Å². The smallest absolute Gasteiger partial charge is 0.243 e. The molecule has 34 heavy (non-hydrogen) atoms. The zero-order valence-electron chi connectivity index (χ0n) is 19.2.